The quantitative estimate of drug-likeness (QED) is 0.102. The van der Waals surface area contributed by atoms with Crippen LogP contribution in [0.3, 0.4) is 0 Å². The van der Waals surface area contributed by atoms with Crippen molar-refractivity contribution in [2.75, 3.05) is 11.5 Å². The molecule has 4 N–H and O–H groups in total. The Balaban J connectivity index is 0.000000169. The zero-order valence-corrected chi connectivity index (χ0v) is 41.7. The number of hydrogen-bond acceptors (Lipinski definition) is 8. The summed E-state index contributed by atoms with van der Waals surface area (Å²) in [6, 6.07) is 82.2. The minimum Gasteiger partial charge on any atom is -0.399 e. The van der Waals surface area contributed by atoms with Crippen molar-refractivity contribution < 1.29 is 17.1 Å². The van der Waals surface area contributed by atoms with E-state index in [4.69, 9.17) is 21.4 Å². The molecule has 0 aliphatic carbocycles. The molecule has 0 spiro atoms. The summed E-state index contributed by atoms with van der Waals surface area (Å²) < 4.78 is 0. The van der Waals surface area contributed by atoms with Gasteiger partial charge in [-0.1, -0.05) is 121 Å². The fourth-order valence-corrected chi connectivity index (χ4v) is 8.84. The minimum atomic E-state index is 0. The van der Waals surface area contributed by atoms with Crippen LogP contribution in [-0.2, 0) is 17.1 Å². The van der Waals surface area contributed by atoms with Crippen LogP contribution < -0.4 is 11.5 Å². The maximum atomic E-state index is 5.88. The van der Waals surface area contributed by atoms with Gasteiger partial charge in [-0.2, -0.15) is 0 Å². The summed E-state index contributed by atoms with van der Waals surface area (Å²) in [6.07, 6.45) is 7.16. The van der Waals surface area contributed by atoms with Crippen molar-refractivity contribution in [3.05, 3.63) is 267 Å². The standard InChI is InChI=1S/2C33H24N4.Fe/c2*34-29-15-13-23(14-16-29)24-7-5-8-25(19-24)26-9-6-10-27(20-26)28-21-32(30-11-1-3-17-35-30)37-33(22-28)31-12-2-4-18-36-31;/h2*1-22H,34H2;. The summed E-state index contributed by atoms with van der Waals surface area (Å²) in [7, 11) is 0. The van der Waals surface area contributed by atoms with E-state index in [2.05, 4.69) is 166 Å². The average Bonchev–Trinajstić information content (AvgIpc) is 3.48. The third-order valence-corrected chi connectivity index (χ3v) is 12.6. The molecule has 0 saturated heterocycles. The van der Waals surface area contributed by atoms with E-state index < -0.39 is 0 Å². The van der Waals surface area contributed by atoms with Crippen molar-refractivity contribution in [3.63, 3.8) is 0 Å². The van der Waals surface area contributed by atoms with E-state index in [0.29, 0.717) is 0 Å². The van der Waals surface area contributed by atoms with Crippen molar-refractivity contribution in [1.82, 2.24) is 29.9 Å². The van der Waals surface area contributed by atoms with Crippen molar-refractivity contribution in [2.45, 2.75) is 0 Å². The molecular weight excluding hydrogens is 961 g/mol. The molecule has 0 bridgehead atoms. The van der Waals surface area contributed by atoms with Gasteiger partial charge in [0.2, 0.25) is 0 Å². The molecule has 6 aromatic carbocycles. The predicted octanol–water partition coefficient (Wildman–Crippen LogP) is 15.6. The van der Waals surface area contributed by atoms with Gasteiger partial charge >= 0.3 is 0 Å². The van der Waals surface area contributed by atoms with Crippen LogP contribution >= 0.6 is 0 Å². The van der Waals surface area contributed by atoms with Crippen molar-refractivity contribution in [3.8, 4) is 112 Å². The maximum absolute atomic E-state index is 5.88. The molecule has 0 aliphatic rings. The number of aromatic nitrogens is 6. The summed E-state index contributed by atoms with van der Waals surface area (Å²) >= 11 is 0. The number of benzene rings is 6. The summed E-state index contributed by atoms with van der Waals surface area (Å²) in [5, 5.41) is 0. The topological polar surface area (TPSA) is 129 Å². The number of pyridine rings is 6. The number of nitrogen functional groups attached to an aromatic ring is 2. The first-order valence-electron chi connectivity index (χ1n) is 24.3. The first-order valence-corrected chi connectivity index (χ1v) is 24.3. The van der Waals surface area contributed by atoms with E-state index in [1.54, 1.807) is 24.8 Å². The monoisotopic (exact) mass is 1010 g/mol. The van der Waals surface area contributed by atoms with E-state index in [-0.39, 0.29) is 17.1 Å². The summed E-state index contributed by atoms with van der Waals surface area (Å²) in [6.45, 7) is 0. The number of anilines is 2. The van der Waals surface area contributed by atoms with Gasteiger partial charge < -0.3 is 11.5 Å². The van der Waals surface area contributed by atoms with Crippen LogP contribution in [0.1, 0.15) is 0 Å². The Kier molecular flexibility index (Phi) is 14.9. The fraction of sp³-hybridized carbons (Fsp3) is 0. The van der Waals surface area contributed by atoms with E-state index in [1.165, 1.54) is 0 Å². The Morgan fingerprint density at radius 3 is 0.680 bits per heavy atom. The fourth-order valence-electron chi connectivity index (χ4n) is 8.84. The maximum Gasteiger partial charge on any atom is 0.0900 e. The second-order valence-corrected chi connectivity index (χ2v) is 17.7. The molecule has 0 fully saturated rings. The van der Waals surface area contributed by atoms with E-state index in [9.17, 15) is 0 Å². The zero-order valence-electron chi connectivity index (χ0n) is 40.6. The Labute approximate surface area is 447 Å². The molecule has 0 aliphatic heterocycles. The Bertz CT molecular complexity index is 3470. The number of nitrogens with zero attached hydrogens (tertiary/aromatic N) is 6. The van der Waals surface area contributed by atoms with Gasteiger partial charge in [-0.25, -0.2) is 9.97 Å². The van der Waals surface area contributed by atoms with Gasteiger partial charge in [-0.15, -0.1) is 0 Å². The van der Waals surface area contributed by atoms with Crippen molar-refractivity contribution >= 4 is 11.4 Å². The second-order valence-electron chi connectivity index (χ2n) is 17.7. The molecule has 6 aromatic heterocycles. The Hall–Kier alpha value is -9.66. The largest absolute Gasteiger partial charge is 0.399 e. The van der Waals surface area contributed by atoms with E-state index in [0.717, 1.165) is 124 Å². The normalized spacial score (nSPS) is 10.7. The average molecular weight is 1010 g/mol. The van der Waals surface area contributed by atoms with Crippen LogP contribution in [0.25, 0.3) is 112 Å². The van der Waals surface area contributed by atoms with Crippen molar-refractivity contribution in [1.29, 1.82) is 0 Å². The zero-order chi connectivity index (χ0) is 50.1. The predicted molar refractivity (Wildman–Crippen MR) is 303 cm³/mol. The number of rotatable bonds is 10. The van der Waals surface area contributed by atoms with Crippen LogP contribution in [0.2, 0.25) is 0 Å². The van der Waals surface area contributed by atoms with Crippen LogP contribution in [0, 0.1) is 0 Å². The molecule has 9 heteroatoms. The summed E-state index contributed by atoms with van der Waals surface area (Å²) in [5.41, 5.74) is 33.4. The number of nitrogens with two attached hydrogens (primary N) is 2. The third kappa shape index (κ3) is 11.7. The van der Waals surface area contributed by atoms with Gasteiger partial charge in [-0.3, -0.25) is 19.9 Å². The molecule has 360 valence electrons. The van der Waals surface area contributed by atoms with Crippen molar-refractivity contribution in [2.24, 2.45) is 0 Å². The summed E-state index contributed by atoms with van der Waals surface area (Å²) in [5.74, 6) is 0. The molecule has 8 nitrogen and oxygen atoms in total. The molecular formula is C66H48FeN8. The Morgan fingerprint density at radius 2 is 0.440 bits per heavy atom. The molecule has 0 unspecified atom stereocenters. The number of hydrogen-bond donors (Lipinski definition) is 2. The third-order valence-electron chi connectivity index (χ3n) is 12.6. The van der Waals surface area contributed by atoms with Gasteiger partial charge in [0.15, 0.2) is 0 Å². The first-order chi connectivity index (χ1) is 36.5. The van der Waals surface area contributed by atoms with Crippen LogP contribution in [0.4, 0.5) is 11.4 Å². The summed E-state index contributed by atoms with van der Waals surface area (Å²) in [4.78, 5) is 27.9. The molecule has 0 atom stereocenters. The molecule has 0 radical (unpaired) electrons. The van der Waals surface area contributed by atoms with Gasteiger partial charge in [0.05, 0.1) is 45.6 Å². The van der Waals surface area contributed by atoms with E-state index >= 15 is 0 Å². The van der Waals surface area contributed by atoms with Gasteiger partial charge in [0, 0.05) is 53.2 Å². The van der Waals surface area contributed by atoms with Crippen LogP contribution in [0.15, 0.2) is 267 Å². The Morgan fingerprint density at radius 1 is 0.200 bits per heavy atom. The SMILES string of the molecule is Nc1ccc(-c2cccc(-c3cccc(-c4cc(-c5ccccn5)nc(-c5ccccn5)c4)c3)c2)cc1.Nc1ccc(-c2cccc(-c3cccc(-c4cc(-c5ccccn5)nc(-c5ccccn5)c4)c3)c2)cc1.[Fe]. The van der Waals surface area contributed by atoms with Crippen LogP contribution in [-0.4, -0.2) is 29.9 Å². The molecule has 0 amide bonds. The molecule has 12 aromatic rings. The van der Waals surface area contributed by atoms with Gasteiger partial charge in [0.25, 0.3) is 0 Å². The molecule has 6 heterocycles. The van der Waals surface area contributed by atoms with Gasteiger partial charge in [0.1, 0.15) is 0 Å². The van der Waals surface area contributed by atoms with Crippen LogP contribution in [0.5, 0.6) is 0 Å². The molecule has 75 heavy (non-hydrogen) atoms. The smallest absolute Gasteiger partial charge is 0.0900 e. The van der Waals surface area contributed by atoms with Gasteiger partial charge in [-0.05, 0) is 188 Å². The molecule has 0 saturated carbocycles. The minimum absolute atomic E-state index is 0. The molecule has 12 rings (SSSR count). The second kappa shape index (κ2) is 22.8. The van der Waals surface area contributed by atoms with E-state index in [1.807, 2.05) is 97.1 Å². The first kappa shape index (κ1) is 48.9.